The lowest BCUT2D eigenvalue weighted by molar-refractivity contribution is 1.30. The molecule has 3 heteroatoms. The maximum absolute atomic E-state index is 12.1. The van der Waals surface area contributed by atoms with E-state index in [2.05, 4.69) is 20.9 Å². The Morgan fingerprint density at radius 2 is 1.72 bits per heavy atom. The summed E-state index contributed by atoms with van der Waals surface area (Å²) in [4.78, 5) is 15.0. The third-order valence-electron chi connectivity index (χ3n) is 2.89. The highest BCUT2D eigenvalue weighted by Crippen LogP contribution is 2.22. The molecule has 88 valence electrons. The second-order valence-corrected chi connectivity index (χ2v) is 5.03. The van der Waals surface area contributed by atoms with Gasteiger partial charge in [0.1, 0.15) is 0 Å². The van der Waals surface area contributed by atoms with Crippen molar-refractivity contribution in [2.75, 3.05) is 0 Å². The lowest BCUT2D eigenvalue weighted by Crippen LogP contribution is -2.08. The molecule has 0 spiro atoms. The summed E-state index contributed by atoms with van der Waals surface area (Å²) < 4.78 is 1.00. The molecule has 0 aliphatic rings. The van der Waals surface area contributed by atoms with Crippen LogP contribution < -0.4 is 5.56 Å². The molecule has 0 fully saturated rings. The molecule has 1 heterocycles. The van der Waals surface area contributed by atoms with Crippen LogP contribution in [0.1, 0.15) is 0 Å². The van der Waals surface area contributed by atoms with Crippen molar-refractivity contribution >= 4 is 26.8 Å². The van der Waals surface area contributed by atoms with Crippen LogP contribution in [0.25, 0.3) is 22.0 Å². The van der Waals surface area contributed by atoms with Gasteiger partial charge in [0.2, 0.25) is 0 Å². The van der Waals surface area contributed by atoms with Gasteiger partial charge in [-0.1, -0.05) is 46.3 Å². The Hall–Kier alpha value is -1.87. The summed E-state index contributed by atoms with van der Waals surface area (Å²) in [5, 5.41) is 1.02. The molecule has 1 aromatic heterocycles. The van der Waals surface area contributed by atoms with Gasteiger partial charge in [-0.15, -0.1) is 0 Å². The van der Waals surface area contributed by atoms with E-state index in [0.29, 0.717) is 5.56 Å². The Bertz CT molecular complexity index is 762. The van der Waals surface area contributed by atoms with Crippen LogP contribution in [0, 0.1) is 0 Å². The number of aromatic amines is 1. The van der Waals surface area contributed by atoms with E-state index >= 15 is 0 Å². The van der Waals surface area contributed by atoms with Crippen molar-refractivity contribution in [3.05, 3.63) is 69.4 Å². The molecule has 0 aliphatic heterocycles. The van der Waals surface area contributed by atoms with Crippen molar-refractivity contribution in [2.45, 2.75) is 0 Å². The summed E-state index contributed by atoms with van der Waals surface area (Å²) in [5.41, 5.74) is 2.42. The van der Waals surface area contributed by atoms with Gasteiger partial charge in [0.05, 0.1) is 0 Å². The quantitative estimate of drug-likeness (QED) is 0.725. The van der Waals surface area contributed by atoms with Gasteiger partial charge in [0.25, 0.3) is 5.56 Å². The second-order valence-electron chi connectivity index (χ2n) is 4.11. The van der Waals surface area contributed by atoms with Gasteiger partial charge in [-0.25, -0.2) is 0 Å². The molecule has 0 bridgehead atoms. The van der Waals surface area contributed by atoms with Gasteiger partial charge in [0.15, 0.2) is 0 Å². The molecule has 1 N–H and O–H groups in total. The highest BCUT2D eigenvalue weighted by atomic mass is 79.9. The maximum atomic E-state index is 12.1. The summed E-state index contributed by atoms with van der Waals surface area (Å²) in [6.45, 7) is 0. The van der Waals surface area contributed by atoms with Crippen molar-refractivity contribution < 1.29 is 0 Å². The van der Waals surface area contributed by atoms with Crippen LogP contribution in [0.15, 0.2) is 63.9 Å². The highest BCUT2D eigenvalue weighted by molar-refractivity contribution is 9.10. The van der Waals surface area contributed by atoms with Crippen LogP contribution in [-0.2, 0) is 0 Å². The maximum Gasteiger partial charge on any atom is 0.256 e. The fourth-order valence-electron chi connectivity index (χ4n) is 2.01. The van der Waals surface area contributed by atoms with Crippen molar-refractivity contribution in [1.29, 1.82) is 0 Å². The normalized spacial score (nSPS) is 10.7. The molecule has 3 aromatic rings. The van der Waals surface area contributed by atoms with Crippen molar-refractivity contribution in [3.63, 3.8) is 0 Å². The molecule has 2 aromatic carbocycles. The van der Waals surface area contributed by atoms with Gasteiger partial charge in [-0.2, -0.15) is 0 Å². The molecule has 0 saturated heterocycles. The third kappa shape index (κ3) is 1.97. The number of nitrogens with one attached hydrogen (secondary N) is 1. The van der Waals surface area contributed by atoms with Gasteiger partial charge < -0.3 is 4.98 Å². The molecule has 0 saturated carbocycles. The zero-order valence-corrected chi connectivity index (χ0v) is 11.1. The Morgan fingerprint density at radius 3 is 2.50 bits per heavy atom. The number of halogens is 1. The number of fused-ring (bicyclic) bond motifs is 1. The summed E-state index contributed by atoms with van der Waals surface area (Å²) >= 11 is 3.44. The number of benzene rings is 2. The zero-order valence-electron chi connectivity index (χ0n) is 9.48. The van der Waals surface area contributed by atoms with E-state index in [1.54, 1.807) is 0 Å². The molecule has 0 amide bonds. The zero-order chi connectivity index (χ0) is 12.5. The van der Waals surface area contributed by atoms with Crippen LogP contribution in [0.3, 0.4) is 0 Å². The average molecular weight is 300 g/mol. The summed E-state index contributed by atoms with van der Waals surface area (Å²) in [6, 6.07) is 17.4. The monoisotopic (exact) mass is 299 g/mol. The Morgan fingerprint density at radius 1 is 0.944 bits per heavy atom. The van der Waals surface area contributed by atoms with E-state index in [-0.39, 0.29) is 5.56 Å². The van der Waals surface area contributed by atoms with Gasteiger partial charge in [0, 0.05) is 15.6 Å². The van der Waals surface area contributed by atoms with Gasteiger partial charge in [-0.3, -0.25) is 4.79 Å². The first-order chi connectivity index (χ1) is 8.74. The predicted octanol–water partition coefficient (Wildman–Crippen LogP) is 3.96. The Labute approximate surface area is 112 Å². The van der Waals surface area contributed by atoms with E-state index in [4.69, 9.17) is 0 Å². The van der Waals surface area contributed by atoms with Gasteiger partial charge in [-0.05, 0) is 35.2 Å². The fourth-order valence-corrected chi connectivity index (χ4v) is 2.39. The predicted molar refractivity (Wildman–Crippen MR) is 77.7 cm³/mol. The molecular weight excluding hydrogens is 290 g/mol. The number of aromatic nitrogens is 1. The van der Waals surface area contributed by atoms with Crippen LogP contribution in [-0.4, -0.2) is 4.98 Å². The van der Waals surface area contributed by atoms with E-state index < -0.39 is 0 Å². The van der Waals surface area contributed by atoms with Gasteiger partial charge >= 0.3 is 0 Å². The minimum absolute atomic E-state index is 0.0592. The smallest absolute Gasteiger partial charge is 0.256 e. The molecule has 0 radical (unpaired) electrons. The Balaban J connectivity index is 2.31. The van der Waals surface area contributed by atoms with Crippen molar-refractivity contribution in [2.24, 2.45) is 0 Å². The molecular formula is C15H10BrNO. The number of pyridine rings is 1. The average Bonchev–Trinajstić information content (AvgIpc) is 2.39. The molecule has 18 heavy (non-hydrogen) atoms. The number of hydrogen-bond acceptors (Lipinski definition) is 1. The standard InChI is InChI=1S/C15H10BrNO/c16-12-6-7-14-11(8-12)9-13(15(18)17-14)10-4-2-1-3-5-10/h1-9H,(H,17,18). The van der Waals surface area contributed by atoms with E-state index in [1.807, 2.05) is 54.6 Å². The van der Waals surface area contributed by atoms with Crippen LogP contribution in [0.5, 0.6) is 0 Å². The second kappa shape index (κ2) is 4.42. The van der Waals surface area contributed by atoms with Crippen LogP contribution in [0.4, 0.5) is 0 Å². The van der Waals surface area contributed by atoms with E-state index in [0.717, 1.165) is 20.9 Å². The fraction of sp³-hybridized carbons (Fsp3) is 0. The minimum atomic E-state index is -0.0592. The molecule has 0 unspecified atom stereocenters. The Kier molecular flexibility index (Phi) is 2.76. The van der Waals surface area contributed by atoms with Crippen molar-refractivity contribution in [3.8, 4) is 11.1 Å². The largest absolute Gasteiger partial charge is 0.321 e. The summed E-state index contributed by atoms with van der Waals surface area (Å²) in [5.74, 6) is 0. The van der Waals surface area contributed by atoms with E-state index in [9.17, 15) is 4.79 Å². The topological polar surface area (TPSA) is 32.9 Å². The lowest BCUT2D eigenvalue weighted by atomic mass is 10.1. The molecule has 3 rings (SSSR count). The first-order valence-electron chi connectivity index (χ1n) is 5.62. The first-order valence-corrected chi connectivity index (χ1v) is 6.41. The van der Waals surface area contributed by atoms with Crippen LogP contribution in [0.2, 0.25) is 0 Å². The molecule has 0 atom stereocenters. The first kappa shape index (κ1) is 11.2. The lowest BCUT2D eigenvalue weighted by Gasteiger charge is -2.04. The summed E-state index contributed by atoms with van der Waals surface area (Å²) in [6.07, 6.45) is 0. The SMILES string of the molecule is O=c1[nH]c2ccc(Br)cc2cc1-c1ccccc1. The van der Waals surface area contributed by atoms with Crippen molar-refractivity contribution in [1.82, 2.24) is 4.98 Å². The van der Waals surface area contributed by atoms with Crippen LogP contribution >= 0.6 is 15.9 Å². The molecule has 0 aliphatic carbocycles. The van der Waals surface area contributed by atoms with E-state index in [1.165, 1.54) is 0 Å². The number of hydrogen-bond donors (Lipinski definition) is 1. The third-order valence-corrected chi connectivity index (χ3v) is 3.38. The number of H-pyrrole nitrogens is 1. The minimum Gasteiger partial charge on any atom is -0.321 e. The molecule has 2 nitrogen and oxygen atoms in total. The highest BCUT2D eigenvalue weighted by Gasteiger charge is 2.05. The number of rotatable bonds is 1. The summed E-state index contributed by atoms with van der Waals surface area (Å²) in [7, 11) is 0.